The summed E-state index contributed by atoms with van der Waals surface area (Å²) in [6, 6.07) is 7.76. The Morgan fingerprint density at radius 3 is 2.62 bits per heavy atom. The summed E-state index contributed by atoms with van der Waals surface area (Å²) >= 11 is 0. The Labute approximate surface area is 126 Å². The smallest absolute Gasteiger partial charge is 0.303 e. The molecular weight excluding hydrogens is 268 g/mol. The molecule has 2 rings (SSSR count). The fourth-order valence-corrected chi connectivity index (χ4v) is 3.22. The van der Waals surface area contributed by atoms with E-state index in [0.29, 0.717) is 12.5 Å². The van der Waals surface area contributed by atoms with Crippen LogP contribution in [-0.4, -0.2) is 30.4 Å². The van der Waals surface area contributed by atoms with Gasteiger partial charge >= 0.3 is 5.97 Å². The van der Waals surface area contributed by atoms with Crippen LogP contribution < -0.4 is 4.74 Å². The minimum Gasteiger partial charge on any atom is -0.497 e. The van der Waals surface area contributed by atoms with Gasteiger partial charge in [0.15, 0.2) is 0 Å². The van der Waals surface area contributed by atoms with Crippen LogP contribution in [0.2, 0.25) is 0 Å². The molecule has 1 fully saturated rings. The molecule has 0 amide bonds. The monoisotopic (exact) mass is 292 g/mol. The predicted molar refractivity (Wildman–Crippen MR) is 80.7 cm³/mol. The molecule has 1 aliphatic rings. The van der Waals surface area contributed by atoms with Crippen molar-refractivity contribution in [2.45, 2.75) is 44.6 Å². The van der Waals surface area contributed by atoms with E-state index in [4.69, 9.17) is 9.47 Å². The van der Waals surface area contributed by atoms with Crippen LogP contribution in [-0.2, 0) is 9.53 Å². The fraction of sp³-hybridized carbons (Fsp3) is 0.588. The SMILES string of the molecule is COc1ccc(C(CC(=O)O)C2CCOC(C)(C)C2)cc1. The van der Waals surface area contributed by atoms with E-state index in [0.717, 1.165) is 24.2 Å². The van der Waals surface area contributed by atoms with Gasteiger partial charge in [-0.1, -0.05) is 12.1 Å². The topological polar surface area (TPSA) is 55.8 Å². The van der Waals surface area contributed by atoms with E-state index >= 15 is 0 Å². The highest BCUT2D eigenvalue weighted by Gasteiger charge is 2.35. The van der Waals surface area contributed by atoms with E-state index in [1.165, 1.54) is 0 Å². The van der Waals surface area contributed by atoms with E-state index in [9.17, 15) is 9.90 Å². The van der Waals surface area contributed by atoms with Crippen molar-refractivity contribution >= 4 is 5.97 Å². The number of hydrogen-bond donors (Lipinski definition) is 1. The van der Waals surface area contributed by atoms with Gasteiger partial charge in [0.25, 0.3) is 0 Å². The number of carbonyl (C=O) groups is 1. The summed E-state index contributed by atoms with van der Waals surface area (Å²) < 4.78 is 10.9. The highest BCUT2D eigenvalue weighted by Crippen LogP contribution is 2.40. The lowest BCUT2D eigenvalue weighted by Gasteiger charge is -2.39. The Morgan fingerprint density at radius 2 is 2.10 bits per heavy atom. The van der Waals surface area contributed by atoms with Crippen molar-refractivity contribution in [2.24, 2.45) is 5.92 Å². The van der Waals surface area contributed by atoms with Crippen LogP contribution in [0.15, 0.2) is 24.3 Å². The van der Waals surface area contributed by atoms with Crippen molar-refractivity contribution in [3.8, 4) is 5.75 Å². The van der Waals surface area contributed by atoms with E-state index < -0.39 is 5.97 Å². The highest BCUT2D eigenvalue weighted by molar-refractivity contribution is 5.68. The Morgan fingerprint density at radius 1 is 1.43 bits per heavy atom. The first-order valence-corrected chi connectivity index (χ1v) is 7.41. The molecule has 1 aromatic carbocycles. The first-order chi connectivity index (χ1) is 9.91. The lowest BCUT2D eigenvalue weighted by Crippen LogP contribution is -2.36. The molecule has 0 aliphatic carbocycles. The zero-order valence-corrected chi connectivity index (χ0v) is 13.0. The zero-order chi connectivity index (χ0) is 15.5. The van der Waals surface area contributed by atoms with Crippen molar-refractivity contribution in [1.29, 1.82) is 0 Å². The Balaban J connectivity index is 2.22. The second kappa shape index (κ2) is 6.48. The molecule has 1 N–H and O–H groups in total. The number of aliphatic carboxylic acids is 1. The number of benzene rings is 1. The van der Waals surface area contributed by atoms with Crippen molar-refractivity contribution < 1.29 is 19.4 Å². The summed E-state index contributed by atoms with van der Waals surface area (Å²) in [5, 5.41) is 9.25. The summed E-state index contributed by atoms with van der Waals surface area (Å²) in [5.41, 5.74) is 0.896. The van der Waals surface area contributed by atoms with Gasteiger partial charge in [-0.25, -0.2) is 0 Å². The van der Waals surface area contributed by atoms with Crippen LogP contribution in [0.1, 0.15) is 44.6 Å². The van der Waals surface area contributed by atoms with E-state index in [2.05, 4.69) is 13.8 Å². The first kappa shape index (κ1) is 15.8. The maximum atomic E-state index is 11.3. The fourth-order valence-electron chi connectivity index (χ4n) is 3.22. The lowest BCUT2D eigenvalue weighted by molar-refractivity contribution is -0.138. The van der Waals surface area contributed by atoms with Crippen LogP contribution in [0.4, 0.5) is 0 Å². The summed E-state index contributed by atoms with van der Waals surface area (Å²) in [5.74, 6) is 0.398. The lowest BCUT2D eigenvalue weighted by atomic mass is 9.75. The molecule has 0 bridgehead atoms. The molecule has 116 valence electrons. The molecule has 0 radical (unpaired) electrons. The van der Waals surface area contributed by atoms with Gasteiger partial charge < -0.3 is 14.6 Å². The van der Waals surface area contributed by atoms with Crippen molar-refractivity contribution in [3.63, 3.8) is 0 Å². The largest absolute Gasteiger partial charge is 0.497 e. The Kier molecular flexibility index (Phi) is 4.88. The molecule has 0 aromatic heterocycles. The number of hydrogen-bond acceptors (Lipinski definition) is 3. The standard InChI is InChI=1S/C17H24O4/c1-17(2)11-13(8-9-21-17)15(10-16(18)19)12-4-6-14(20-3)7-5-12/h4-7,13,15H,8-11H2,1-3H3,(H,18,19). The molecule has 1 aromatic rings. The molecule has 0 spiro atoms. The first-order valence-electron chi connectivity index (χ1n) is 7.41. The summed E-state index contributed by atoms with van der Waals surface area (Å²) in [4.78, 5) is 11.3. The van der Waals surface area contributed by atoms with Gasteiger partial charge in [-0.2, -0.15) is 0 Å². The van der Waals surface area contributed by atoms with Gasteiger partial charge in [0, 0.05) is 6.61 Å². The minimum absolute atomic E-state index is 0.0246. The summed E-state index contributed by atoms with van der Waals surface area (Å²) in [6.45, 7) is 4.85. The normalized spacial score (nSPS) is 22.5. The van der Waals surface area contributed by atoms with Crippen molar-refractivity contribution in [3.05, 3.63) is 29.8 Å². The second-order valence-electron chi connectivity index (χ2n) is 6.34. The molecule has 21 heavy (non-hydrogen) atoms. The molecule has 1 aliphatic heterocycles. The molecule has 2 atom stereocenters. The van der Waals surface area contributed by atoms with Gasteiger partial charge in [0.05, 0.1) is 19.1 Å². The van der Waals surface area contributed by atoms with Gasteiger partial charge in [0.1, 0.15) is 5.75 Å². The average molecular weight is 292 g/mol. The molecule has 4 nitrogen and oxygen atoms in total. The Hall–Kier alpha value is -1.55. The maximum absolute atomic E-state index is 11.3. The average Bonchev–Trinajstić information content (AvgIpc) is 2.43. The summed E-state index contributed by atoms with van der Waals surface area (Å²) in [7, 11) is 1.63. The number of carboxylic acids is 1. The third-order valence-corrected chi connectivity index (χ3v) is 4.24. The molecular formula is C17H24O4. The van der Waals surface area contributed by atoms with Crippen LogP contribution in [0.3, 0.4) is 0 Å². The minimum atomic E-state index is -0.750. The summed E-state index contributed by atoms with van der Waals surface area (Å²) in [6.07, 6.45) is 1.96. The van der Waals surface area contributed by atoms with Crippen LogP contribution in [0, 0.1) is 5.92 Å². The van der Waals surface area contributed by atoms with Crippen LogP contribution >= 0.6 is 0 Å². The van der Waals surface area contributed by atoms with Gasteiger partial charge in [0.2, 0.25) is 0 Å². The van der Waals surface area contributed by atoms with E-state index in [1.54, 1.807) is 7.11 Å². The van der Waals surface area contributed by atoms with Gasteiger partial charge in [-0.15, -0.1) is 0 Å². The van der Waals surface area contributed by atoms with Gasteiger partial charge in [-0.05, 0) is 56.2 Å². The van der Waals surface area contributed by atoms with Gasteiger partial charge in [-0.3, -0.25) is 4.79 Å². The number of ether oxygens (including phenoxy) is 2. The molecule has 0 saturated carbocycles. The third kappa shape index (κ3) is 4.21. The number of methoxy groups -OCH3 is 1. The highest BCUT2D eigenvalue weighted by atomic mass is 16.5. The Bertz CT molecular complexity index is 478. The number of carboxylic acid groups (broad SMARTS) is 1. The third-order valence-electron chi connectivity index (χ3n) is 4.24. The maximum Gasteiger partial charge on any atom is 0.303 e. The van der Waals surface area contributed by atoms with E-state index in [-0.39, 0.29) is 17.9 Å². The zero-order valence-electron chi connectivity index (χ0n) is 13.0. The predicted octanol–water partition coefficient (Wildman–Crippen LogP) is 3.46. The molecule has 1 saturated heterocycles. The van der Waals surface area contributed by atoms with Crippen LogP contribution in [0.25, 0.3) is 0 Å². The van der Waals surface area contributed by atoms with E-state index in [1.807, 2.05) is 24.3 Å². The second-order valence-corrected chi connectivity index (χ2v) is 6.34. The number of rotatable bonds is 5. The quantitative estimate of drug-likeness (QED) is 0.903. The van der Waals surface area contributed by atoms with Crippen molar-refractivity contribution in [1.82, 2.24) is 0 Å². The molecule has 4 heteroatoms. The van der Waals surface area contributed by atoms with Crippen molar-refractivity contribution in [2.75, 3.05) is 13.7 Å². The molecule has 1 heterocycles. The molecule has 2 unspecified atom stereocenters. The van der Waals surface area contributed by atoms with Crippen LogP contribution in [0.5, 0.6) is 5.75 Å².